The lowest BCUT2D eigenvalue weighted by Gasteiger charge is -2.32. The van der Waals surface area contributed by atoms with Crippen LogP contribution in [0.15, 0.2) is 42.7 Å². The summed E-state index contributed by atoms with van der Waals surface area (Å²) in [7, 11) is 0. The van der Waals surface area contributed by atoms with Crippen LogP contribution >= 0.6 is 0 Å². The van der Waals surface area contributed by atoms with Crippen molar-refractivity contribution in [2.24, 2.45) is 0 Å². The van der Waals surface area contributed by atoms with E-state index >= 15 is 0 Å². The molecule has 1 aromatic carbocycles. The standard InChI is InChI=1S/C15H16FN3O/c16-12-3-1-4-14(11-12)20-13-5-9-19(10-6-13)15-17-7-2-8-18-15/h1-4,7-8,11,13H,5-6,9-10H2. The van der Waals surface area contributed by atoms with Gasteiger partial charge in [-0.1, -0.05) is 6.07 Å². The van der Waals surface area contributed by atoms with Crippen molar-refractivity contribution in [2.45, 2.75) is 18.9 Å². The maximum Gasteiger partial charge on any atom is 0.225 e. The summed E-state index contributed by atoms with van der Waals surface area (Å²) < 4.78 is 18.9. The largest absolute Gasteiger partial charge is 0.490 e. The lowest BCUT2D eigenvalue weighted by molar-refractivity contribution is 0.170. The SMILES string of the molecule is Fc1cccc(OC2CCN(c3ncccn3)CC2)c1. The second-order valence-corrected chi connectivity index (χ2v) is 4.81. The molecule has 1 saturated heterocycles. The molecule has 5 heteroatoms. The number of aromatic nitrogens is 2. The number of piperidine rings is 1. The molecule has 20 heavy (non-hydrogen) atoms. The minimum atomic E-state index is -0.266. The van der Waals surface area contributed by atoms with Crippen molar-refractivity contribution in [3.8, 4) is 5.75 Å². The van der Waals surface area contributed by atoms with Crippen molar-refractivity contribution in [1.29, 1.82) is 0 Å². The lowest BCUT2D eigenvalue weighted by Crippen LogP contribution is -2.39. The molecule has 4 nitrogen and oxygen atoms in total. The average Bonchev–Trinajstić information content (AvgIpc) is 2.49. The molecule has 0 atom stereocenters. The Morgan fingerprint density at radius 2 is 1.85 bits per heavy atom. The Balaban J connectivity index is 1.56. The molecular formula is C15H16FN3O. The Morgan fingerprint density at radius 3 is 2.55 bits per heavy atom. The van der Waals surface area contributed by atoms with Crippen LogP contribution in [0.5, 0.6) is 5.75 Å². The molecule has 0 spiro atoms. The highest BCUT2D eigenvalue weighted by Crippen LogP contribution is 2.21. The topological polar surface area (TPSA) is 38.2 Å². The number of hydrogen-bond donors (Lipinski definition) is 0. The van der Waals surface area contributed by atoms with Crippen molar-refractivity contribution in [2.75, 3.05) is 18.0 Å². The molecule has 1 aliphatic heterocycles. The fourth-order valence-corrected chi connectivity index (χ4v) is 2.36. The maximum absolute atomic E-state index is 13.1. The summed E-state index contributed by atoms with van der Waals surface area (Å²) in [5.41, 5.74) is 0. The quantitative estimate of drug-likeness (QED) is 0.861. The van der Waals surface area contributed by atoms with Gasteiger partial charge in [-0.05, 0) is 18.2 Å². The first-order valence-corrected chi connectivity index (χ1v) is 6.75. The van der Waals surface area contributed by atoms with Gasteiger partial charge in [0.05, 0.1) is 0 Å². The summed E-state index contributed by atoms with van der Waals surface area (Å²) in [5, 5.41) is 0. The van der Waals surface area contributed by atoms with Gasteiger partial charge in [0.25, 0.3) is 0 Å². The van der Waals surface area contributed by atoms with Crippen LogP contribution in [0.4, 0.5) is 10.3 Å². The summed E-state index contributed by atoms with van der Waals surface area (Å²) >= 11 is 0. The molecule has 104 valence electrons. The van der Waals surface area contributed by atoms with Gasteiger partial charge in [0.1, 0.15) is 17.7 Å². The fraction of sp³-hybridized carbons (Fsp3) is 0.333. The number of nitrogens with zero attached hydrogens (tertiary/aromatic N) is 3. The minimum Gasteiger partial charge on any atom is -0.490 e. The van der Waals surface area contributed by atoms with Crippen molar-refractivity contribution >= 4 is 5.95 Å². The second-order valence-electron chi connectivity index (χ2n) is 4.81. The lowest BCUT2D eigenvalue weighted by atomic mass is 10.1. The van der Waals surface area contributed by atoms with Crippen LogP contribution in [-0.2, 0) is 0 Å². The summed E-state index contributed by atoms with van der Waals surface area (Å²) in [6.07, 6.45) is 5.38. The third-order valence-corrected chi connectivity index (χ3v) is 3.38. The normalized spacial score (nSPS) is 16.1. The molecule has 1 aliphatic rings. The van der Waals surface area contributed by atoms with E-state index in [-0.39, 0.29) is 11.9 Å². The molecule has 0 N–H and O–H groups in total. The van der Waals surface area contributed by atoms with Crippen molar-refractivity contribution < 1.29 is 9.13 Å². The molecule has 1 fully saturated rings. The van der Waals surface area contributed by atoms with E-state index in [9.17, 15) is 4.39 Å². The van der Waals surface area contributed by atoms with Gasteiger partial charge in [-0.2, -0.15) is 0 Å². The van der Waals surface area contributed by atoms with Gasteiger partial charge in [0.15, 0.2) is 0 Å². The molecule has 0 radical (unpaired) electrons. The van der Waals surface area contributed by atoms with Gasteiger partial charge >= 0.3 is 0 Å². The summed E-state index contributed by atoms with van der Waals surface area (Å²) in [5.74, 6) is 1.09. The molecule has 1 aromatic heterocycles. The van der Waals surface area contributed by atoms with Crippen molar-refractivity contribution in [3.05, 3.63) is 48.5 Å². The number of anilines is 1. The van der Waals surface area contributed by atoms with Crippen LogP contribution < -0.4 is 9.64 Å². The highest BCUT2D eigenvalue weighted by Gasteiger charge is 2.22. The molecule has 0 aliphatic carbocycles. The molecule has 0 amide bonds. The highest BCUT2D eigenvalue weighted by atomic mass is 19.1. The molecule has 2 heterocycles. The van der Waals surface area contributed by atoms with Crippen LogP contribution in [0, 0.1) is 5.82 Å². The Kier molecular flexibility index (Phi) is 3.76. The molecular weight excluding hydrogens is 257 g/mol. The van der Waals surface area contributed by atoms with Crippen molar-refractivity contribution in [3.63, 3.8) is 0 Å². The second kappa shape index (κ2) is 5.86. The van der Waals surface area contributed by atoms with E-state index in [1.807, 2.05) is 6.07 Å². The number of ether oxygens (including phenoxy) is 1. The summed E-state index contributed by atoms with van der Waals surface area (Å²) in [6, 6.07) is 8.10. The zero-order chi connectivity index (χ0) is 13.8. The van der Waals surface area contributed by atoms with Gasteiger partial charge < -0.3 is 9.64 Å². The van der Waals surface area contributed by atoms with E-state index < -0.39 is 0 Å². The smallest absolute Gasteiger partial charge is 0.225 e. The van der Waals surface area contributed by atoms with E-state index in [1.165, 1.54) is 12.1 Å². The Hall–Kier alpha value is -2.17. The minimum absolute atomic E-state index is 0.122. The zero-order valence-corrected chi connectivity index (χ0v) is 11.1. The predicted molar refractivity (Wildman–Crippen MR) is 74.3 cm³/mol. The Morgan fingerprint density at radius 1 is 1.10 bits per heavy atom. The van der Waals surface area contributed by atoms with Crippen LogP contribution in [-0.4, -0.2) is 29.2 Å². The average molecular weight is 273 g/mol. The van der Waals surface area contributed by atoms with Crippen LogP contribution in [0.2, 0.25) is 0 Å². The first kappa shape index (κ1) is 12.8. The third kappa shape index (κ3) is 3.04. The van der Waals surface area contributed by atoms with E-state index in [0.717, 1.165) is 31.9 Å². The highest BCUT2D eigenvalue weighted by molar-refractivity contribution is 5.29. The van der Waals surface area contributed by atoms with Crippen molar-refractivity contribution in [1.82, 2.24) is 9.97 Å². The zero-order valence-electron chi connectivity index (χ0n) is 11.1. The van der Waals surface area contributed by atoms with Crippen LogP contribution in [0.3, 0.4) is 0 Å². The maximum atomic E-state index is 13.1. The molecule has 2 aromatic rings. The first-order valence-electron chi connectivity index (χ1n) is 6.75. The van der Waals surface area contributed by atoms with Gasteiger partial charge in [-0.15, -0.1) is 0 Å². The molecule has 3 rings (SSSR count). The number of halogens is 1. The number of hydrogen-bond acceptors (Lipinski definition) is 4. The Bertz CT molecular complexity index is 556. The van der Waals surface area contributed by atoms with E-state index in [2.05, 4.69) is 14.9 Å². The third-order valence-electron chi connectivity index (χ3n) is 3.38. The molecule has 0 bridgehead atoms. The number of rotatable bonds is 3. The predicted octanol–water partition coefficient (Wildman–Crippen LogP) is 2.66. The summed E-state index contributed by atoms with van der Waals surface area (Å²) in [6.45, 7) is 1.70. The molecule has 0 unspecified atom stereocenters. The summed E-state index contributed by atoms with van der Waals surface area (Å²) in [4.78, 5) is 10.6. The van der Waals surface area contributed by atoms with Gasteiger partial charge in [-0.3, -0.25) is 0 Å². The van der Waals surface area contributed by atoms with Crippen LogP contribution in [0.25, 0.3) is 0 Å². The van der Waals surface area contributed by atoms with E-state index in [4.69, 9.17) is 4.74 Å². The molecule has 0 saturated carbocycles. The van der Waals surface area contributed by atoms with Gasteiger partial charge in [-0.25, -0.2) is 14.4 Å². The van der Waals surface area contributed by atoms with E-state index in [1.54, 1.807) is 24.5 Å². The first-order chi connectivity index (χ1) is 9.81. The van der Waals surface area contributed by atoms with E-state index in [0.29, 0.717) is 5.75 Å². The van der Waals surface area contributed by atoms with Crippen LogP contribution in [0.1, 0.15) is 12.8 Å². The van der Waals surface area contributed by atoms with Gasteiger partial charge in [0, 0.05) is 44.4 Å². The van der Waals surface area contributed by atoms with Gasteiger partial charge in [0.2, 0.25) is 5.95 Å². The number of benzene rings is 1. The monoisotopic (exact) mass is 273 g/mol. The Labute approximate surface area is 117 Å². The fourth-order valence-electron chi connectivity index (χ4n) is 2.36.